The molecular weight excluding hydrogens is 156 g/mol. The molecule has 0 aliphatic rings. The monoisotopic (exact) mass is 166 g/mol. The first kappa shape index (κ1) is 10.2. The van der Waals surface area contributed by atoms with E-state index in [0.29, 0.717) is 5.70 Å². The first-order valence-electron chi connectivity index (χ1n) is 3.22. The van der Waals surface area contributed by atoms with Gasteiger partial charge in [-0.2, -0.15) is 5.26 Å². The molecule has 0 saturated carbocycles. The van der Waals surface area contributed by atoms with E-state index in [4.69, 9.17) is 5.26 Å². The molecule has 0 saturated heterocycles. The molecule has 64 valence electrons. The summed E-state index contributed by atoms with van der Waals surface area (Å²) in [4.78, 5) is 10.6. The van der Waals surface area contributed by atoms with Crippen LogP contribution in [0.25, 0.3) is 0 Å². The molecule has 1 N–H and O–H groups in total. The van der Waals surface area contributed by atoms with Gasteiger partial charge in [-0.25, -0.2) is 4.79 Å². The summed E-state index contributed by atoms with van der Waals surface area (Å²) in [7, 11) is 1.28. The Morgan fingerprint density at radius 2 is 2.33 bits per heavy atom. The van der Waals surface area contributed by atoms with Crippen LogP contribution in [0.1, 0.15) is 6.92 Å². The molecule has 0 radical (unpaired) electrons. The van der Waals surface area contributed by atoms with Crippen molar-refractivity contribution in [3.05, 3.63) is 24.0 Å². The SMILES string of the molecule is C=C(C#N)N/C(C)=C\C(=O)OC. The molecule has 4 heteroatoms. The summed E-state index contributed by atoms with van der Waals surface area (Å²) < 4.78 is 4.37. The van der Waals surface area contributed by atoms with Gasteiger partial charge in [0.25, 0.3) is 0 Å². The van der Waals surface area contributed by atoms with Crippen LogP contribution in [0.2, 0.25) is 0 Å². The third-order valence-corrected chi connectivity index (χ3v) is 1.02. The molecule has 0 rings (SSSR count). The number of nitrogens with one attached hydrogen (secondary N) is 1. The van der Waals surface area contributed by atoms with Gasteiger partial charge >= 0.3 is 5.97 Å². The van der Waals surface area contributed by atoms with E-state index in [0.717, 1.165) is 0 Å². The molecular formula is C8H10N2O2. The highest BCUT2D eigenvalue weighted by atomic mass is 16.5. The summed E-state index contributed by atoms with van der Waals surface area (Å²) in [5, 5.41) is 10.9. The average Bonchev–Trinajstić information content (AvgIpc) is 2.03. The third-order valence-electron chi connectivity index (χ3n) is 1.02. The van der Waals surface area contributed by atoms with Crippen molar-refractivity contribution < 1.29 is 9.53 Å². The van der Waals surface area contributed by atoms with Gasteiger partial charge in [-0.05, 0) is 6.92 Å². The molecule has 0 unspecified atom stereocenters. The normalized spacial score (nSPS) is 9.92. The predicted octanol–water partition coefficient (Wildman–Crippen LogP) is 0.690. The Bertz CT molecular complexity index is 261. The van der Waals surface area contributed by atoms with E-state index >= 15 is 0 Å². The first-order chi connectivity index (χ1) is 5.60. The maximum absolute atomic E-state index is 10.6. The standard InChI is InChI=1S/C8H10N2O2/c1-6(4-8(11)12-3)10-7(2)5-9/h4,10H,2H2,1,3H3/b6-4-. The zero-order chi connectivity index (χ0) is 9.56. The number of nitrogens with zero attached hydrogens (tertiary/aromatic N) is 1. The van der Waals surface area contributed by atoms with E-state index in [-0.39, 0.29) is 5.70 Å². The lowest BCUT2D eigenvalue weighted by molar-refractivity contribution is -0.134. The molecule has 4 nitrogen and oxygen atoms in total. The second-order valence-corrected chi connectivity index (χ2v) is 2.07. The van der Waals surface area contributed by atoms with Gasteiger partial charge in [0.15, 0.2) is 0 Å². The Labute approximate surface area is 71.1 Å². The van der Waals surface area contributed by atoms with Crippen molar-refractivity contribution >= 4 is 5.97 Å². The van der Waals surface area contributed by atoms with Gasteiger partial charge in [0.1, 0.15) is 11.8 Å². The number of methoxy groups -OCH3 is 1. The van der Waals surface area contributed by atoms with Crippen molar-refractivity contribution in [1.29, 1.82) is 5.26 Å². The van der Waals surface area contributed by atoms with Crippen molar-refractivity contribution in [3.63, 3.8) is 0 Å². The number of allylic oxidation sites excluding steroid dienone is 2. The second kappa shape index (κ2) is 4.97. The molecule has 0 spiro atoms. The van der Waals surface area contributed by atoms with E-state index in [9.17, 15) is 4.79 Å². The van der Waals surface area contributed by atoms with Crippen molar-refractivity contribution in [3.8, 4) is 6.07 Å². The highest BCUT2D eigenvalue weighted by Crippen LogP contribution is 1.91. The van der Waals surface area contributed by atoms with Crippen LogP contribution < -0.4 is 5.32 Å². The van der Waals surface area contributed by atoms with Crippen molar-refractivity contribution in [1.82, 2.24) is 5.32 Å². The summed E-state index contributed by atoms with van der Waals surface area (Å²) >= 11 is 0. The number of hydrogen-bond acceptors (Lipinski definition) is 4. The molecule has 0 aliphatic carbocycles. The van der Waals surface area contributed by atoms with E-state index in [1.165, 1.54) is 13.2 Å². The fraction of sp³-hybridized carbons (Fsp3) is 0.250. The molecule has 0 amide bonds. The van der Waals surface area contributed by atoms with Crippen LogP contribution in [-0.4, -0.2) is 13.1 Å². The topological polar surface area (TPSA) is 62.1 Å². The Kier molecular flexibility index (Phi) is 4.24. The minimum absolute atomic E-state index is 0.188. The molecule has 0 aliphatic heterocycles. The van der Waals surface area contributed by atoms with Crippen molar-refractivity contribution in [2.75, 3.05) is 7.11 Å². The van der Waals surface area contributed by atoms with Crippen LogP contribution in [0.3, 0.4) is 0 Å². The quantitative estimate of drug-likeness (QED) is 0.380. The predicted molar refractivity (Wildman–Crippen MR) is 43.7 cm³/mol. The van der Waals surface area contributed by atoms with Crippen LogP contribution in [-0.2, 0) is 9.53 Å². The lowest BCUT2D eigenvalue weighted by Gasteiger charge is -2.01. The third kappa shape index (κ3) is 4.12. The number of carbonyl (C=O) groups is 1. The summed E-state index contributed by atoms with van der Waals surface area (Å²) in [5.74, 6) is -0.467. The van der Waals surface area contributed by atoms with Gasteiger partial charge in [-0.15, -0.1) is 0 Å². The molecule has 0 bridgehead atoms. The fourth-order valence-corrected chi connectivity index (χ4v) is 0.538. The summed E-state index contributed by atoms with van der Waals surface area (Å²) in [6.45, 7) is 5.02. The first-order valence-corrected chi connectivity index (χ1v) is 3.22. The van der Waals surface area contributed by atoms with Crippen LogP contribution in [0, 0.1) is 11.3 Å². The largest absolute Gasteiger partial charge is 0.466 e. The van der Waals surface area contributed by atoms with Crippen LogP contribution in [0.15, 0.2) is 24.0 Å². The number of hydrogen-bond donors (Lipinski definition) is 1. The van der Waals surface area contributed by atoms with Crippen LogP contribution >= 0.6 is 0 Å². The minimum Gasteiger partial charge on any atom is -0.466 e. The molecule has 0 atom stereocenters. The van der Waals surface area contributed by atoms with Crippen molar-refractivity contribution in [2.24, 2.45) is 0 Å². The number of rotatable bonds is 3. The number of nitriles is 1. The Balaban J connectivity index is 4.13. The van der Waals surface area contributed by atoms with Crippen LogP contribution in [0.5, 0.6) is 0 Å². The summed E-state index contributed by atoms with van der Waals surface area (Å²) in [5.41, 5.74) is 0.709. The van der Waals surface area contributed by atoms with Crippen LogP contribution in [0.4, 0.5) is 0 Å². The summed E-state index contributed by atoms with van der Waals surface area (Å²) in [6.07, 6.45) is 1.24. The van der Waals surface area contributed by atoms with E-state index < -0.39 is 5.97 Å². The maximum Gasteiger partial charge on any atom is 0.332 e. The molecule has 0 aromatic rings. The average molecular weight is 166 g/mol. The molecule has 0 aromatic carbocycles. The lowest BCUT2D eigenvalue weighted by atomic mass is 10.4. The Morgan fingerprint density at radius 3 is 2.75 bits per heavy atom. The second-order valence-electron chi connectivity index (χ2n) is 2.07. The fourth-order valence-electron chi connectivity index (χ4n) is 0.538. The van der Waals surface area contributed by atoms with E-state index in [1.807, 2.05) is 0 Å². The van der Waals surface area contributed by atoms with Gasteiger partial charge in [-0.1, -0.05) is 6.58 Å². The number of esters is 1. The summed E-state index contributed by atoms with van der Waals surface area (Å²) in [6, 6.07) is 1.79. The number of carbonyl (C=O) groups excluding carboxylic acids is 1. The zero-order valence-electron chi connectivity index (χ0n) is 7.05. The van der Waals surface area contributed by atoms with E-state index in [1.54, 1.807) is 13.0 Å². The maximum atomic E-state index is 10.6. The van der Waals surface area contributed by atoms with E-state index in [2.05, 4.69) is 16.6 Å². The molecule has 12 heavy (non-hydrogen) atoms. The minimum atomic E-state index is -0.467. The van der Waals surface area contributed by atoms with Gasteiger partial charge in [0.05, 0.1) is 7.11 Å². The highest BCUT2D eigenvalue weighted by Gasteiger charge is 1.96. The lowest BCUT2D eigenvalue weighted by Crippen LogP contribution is -2.10. The molecule has 0 aromatic heterocycles. The van der Waals surface area contributed by atoms with Gasteiger partial charge < -0.3 is 10.1 Å². The van der Waals surface area contributed by atoms with Gasteiger partial charge in [-0.3, -0.25) is 0 Å². The Hall–Kier alpha value is -1.76. The smallest absolute Gasteiger partial charge is 0.332 e. The van der Waals surface area contributed by atoms with Gasteiger partial charge in [0.2, 0.25) is 0 Å². The zero-order valence-corrected chi connectivity index (χ0v) is 7.05. The number of ether oxygens (including phenoxy) is 1. The molecule has 0 heterocycles. The molecule has 0 fully saturated rings. The van der Waals surface area contributed by atoms with Gasteiger partial charge in [0, 0.05) is 11.8 Å². The Morgan fingerprint density at radius 1 is 1.75 bits per heavy atom. The highest BCUT2D eigenvalue weighted by molar-refractivity contribution is 5.82. The van der Waals surface area contributed by atoms with Crippen molar-refractivity contribution in [2.45, 2.75) is 6.92 Å².